The molecule has 4 atom stereocenters. The van der Waals surface area contributed by atoms with Gasteiger partial charge in [0, 0.05) is 0 Å². The van der Waals surface area contributed by atoms with Crippen LogP contribution in [-0.2, 0) is 0 Å². The Hall–Kier alpha value is -0.0400. The third-order valence-corrected chi connectivity index (χ3v) is 3.54. The summed E-state index contributed by atoms with van der Waals surface area (Å²) in [5.74, 6) is 2.76. The van der Waals surface area contributed by atoms with Gasteiger partial charge in [-0.3, -0.25) is 0 Å². The van der Waals surface area contributed by atoms with Crippen molar-refractivity contribution in [3.63, 3.8) is 0 Å². The normalized spacial score (nSPS) is 37.0. The maximum atomic E-state index is 9.52. The van der Waals surface area contributed by atoms with Gasteiger partial charge in [0.05, 0.1) is 6.10 Å². The summed E-state index contributed by atoms with van der Waals surface area (Å²) >= 11 is 0. The zero-order valence-electron chi connectivity index (χ0n) is 8.75. The van der Waals surface area contributed by atoms with E-state index >= 15 is 0 Å². The van der Waals surface area contributed by atoms with Crippen molar-refractivity contribution in [3.05, 3.63) is 0 Å². The second-order valence-corrected chi connectivity index (χ2v) is 4.68. The lowest BCUT2D eigenvalue weighted by Gasteiger charge is -2.14. The summed E-state index contributed by atoms with van der Waals surface area (Å²) in [5.41, 5.74) is 0. The summed E-state index contributed by atoms with van der Waals surface area (Å²) in [5, 5.41) is 9.52. The lowest BCUT2D eigenvalue weighted by molar-refractivity contribution is 0.235. The van der Waals surface area contributed by atoms with Crippen LogP contribution in [0, 0.1) is 23.7 Å². The molecule has 12 heavy (non-hydrogen) atoms. The molecule has 72 valence electrons. The monoisotopic (exact) mass is 170 g/mol. The lowest BCUT2D eigenvalue weighted by Crippen LogP contribution is -2.05. The summed E-state index contributed by atoms with van der Waals surface area (Å²) in [6.07, 6.45) is 2.39. The molecule has 0 amide bonds. The molecule has 0 heterocycles. The molecule has 0 saturated heterocycles. The Balaban J connectivity index is 2.25. The van der Waals surface area contributed by atoms with Gasteiger partial charge in [0.15, 0.2) is 0 Å². The van der Waals surface area contributed by atoms with Crippen molar-refractivity contribution >= 4 is 0 Å². The minimum atomic E-state index is 0.0243. The molecule has 0 spiro atoms. The fourth-order valence-corrected chi connectivity index (χ4v) is 1.98. The summed E-state index contributed by atoms with van der Waals surface area (Å²) in [6.45, 7) is 9.00. The van der Waals surface area contributed by atoms with Crippen LogP contribution in [0.3, 0.4) is 0 Å². The van der Waals surface area contributed by atoms with Crippen LogP contribution in [0.2, 0.25) is 0 Å². The predicted molar refractivity (Wildman–Crippen MR) is 51.9 cm³/mol. The average molecular weight is 170 g/mol. The van der Waals surface area contributed by atoms with E-state index in [1.165, 1.54) is 6.42 Å². The fourth-order valence-electron chi connectivity index (χ4n) is 1.98. The SMILES string of the molecule is CCC1C(O)C1CC(C)C(C)C. The number of aliphatic hydroxyl groups is 1. The van der Waals surface area contributed by atoms with E-state index in [0.29, 0.717) is 11.8 Å². The molecular formula is C11H22O. The summed E-state index contributed by atoms with van der Waals surface area (Å²) in [4.78, 5) is 0. The molecule has 1 fully saturated rings. The molecule has 1 nitrogen and oxygen atoms in total. The van der Waals surface area contributed by atoms with Crippen LogP contribution in [0.4, 0.5) is 0 Å². The molecule has 0 aliphatic heterocycles. The van der Waals surface area contributed by atoms with E-state index in [9.17, 15) is 5.11 Å². The van der Waals surface area contributed by atoms with Gasteiger partial charge in [-0.15, -0.1) is 0 Å². The van der Waals surface area contributed by atoms with Crippen LogP contribution in [0.25, 0.3) is 0 Å². The molecule has 1 heteroatoms. The van der Waals surface area contributed by atoms with Crippen LogP contribution >= 0.6 is 0 Å². The van der Waals surface area contributed by atoms with Gasteiger partial charge in [0.2, 0.25) is 0 Å². The largest absolute Gasteiger partial charge is 0.393 e. The maximum absolute atomic E-state index is 9.52. The first-order chi connectivity index (χ1) is 5.57. The fraction of sp³-hybridized carbons (Fsp3) is 1.00. The second-order valence-electron chi connectivity index (χ2n) is 4.68. The molecule has 4 unspecified atom stereocenters. The van der Waals surface area contributed by atoms with Crippen LogP contribution < -0.4 is 0 Å². The van der Waals surface area contributed by atoms with E-state index in [0.717, 1.165) is 18.3 Å². The van der Waals surface area contributed by atoms with E-state index in [1.54, 1.807) is 0 Å². The minimum absolute atomic E-state index is 0.0243. The highest BCUT2D eigenvalue weighted by molar-refractivity contribution is 4.96. The van der Waals surface area contributed by atoms with Crippen molar-refractivity contribution in [3.8, 4) is 0 Å². The highest BCUT2D eigenvalue weighted by Crippen LogP contribution is 2.46. The van der Waals surface area contributed by atoms with Gasteiger partial charge < -0.3 is 5.11 Å². The first-order valence-electron chi connectivity index (χ1n) is 5.26. The van der Waals surface area contributed by atoms with E-state index in [4.69, 9.17) is 0 Å². The van der Waals surface area contributed by atoms with Crippen molar-refractivity contribution in [2.75, 3.05) is 0 Å². The maximum Gasteiger partial charge on any atom is 0.0603 e. The molecule has 0 radical (unpaired) electrons. The predicted octanol–water partition coefficient (Wildman–Crippen LogP) is 2.69. The van der Waals surface area contributed by atoms with Crippen molar-refractivity contribution in [2.24, 2.45) is 23.7 Å². The molecule has 0 aromatic heterocycles. The van der Waals surface area contributed by atoms with E-state index in [1.807, 2.05) is 0 Å². The van der Waals surface area contributed by atoms with Crippen LogP contribution in [0.1, 0.15) is 40.5 Å². The molecule has 1 saturated carbocycles. The van der Waals surface area contributed by atoms with Crippen LogP contribution in [-0.4, -0.2) is 11.2 Å². The highest BCUT2D eigenvalue weighted by Gasteiger charge is 2.47. The Kier molecular flexibility index (Phi) is 3.16. The standard InChI is InChI=1S/C11H22O/c1-5-9-10(11(9)12)6-8(4)7(2)3/h7-12H,5-6H2,1-4H3. The zero-order valence-corrected chi connectivity index (χ0v) is 8.75. The molecule has 0 bridgehead atoms. The summed E-state index contributed by atoms with van der Waals surface area (Å²) < 4.78 is 0. The Morgan fingerprint density at radius 2 is 1.75 bits per heavy atom. The Labute approximate surface area is 76.2 Å². The molecule has 1 N–H and O–H groups in total. The van der Waals surface area contributed by atoms with E-state index in [2.05, 4.69) is 27.7 Å². The van der Waals surface area contributed by atoms with Gasteiger partial charge in [-0.1, -0.05) is 34.1 Å². The Bertz CT molecular complexity index is 142. The zero-order chi connectivity index (χ0) is 9.30. The molecular weight excluding hydrogens is 148 g/mol. The molecule has 1 rings (SSSR count). The second kappa shape index (κ2) is 3.78. The summed E-state index contributed by atoms with van der Waals surface area (Å²) in [6, 6.07) is 0. The number of rotatable bonds is 4. The van der Waals surface area contributed by atoms with Crippen molar-refractivity contribution in [1.82, 2.24) is 0 Å². The van der Waals surface area contributed by atoms with Gasteiger partial charge >= 0.3 is 0 Å². The Morgan fingerprint density at radius 1 is 1.17 bits per heavy atom. The minimum Gasteiger partial charge on any atom is -0.393 e. The smallest absolute Gasteiger partial charge is 0.0603 e. The molecule has 1 aliphatic rings. The first-order valence-corrected chi connectivity index (χ1v) is 5.26. The van der Waals surface area contributed by atoms with E-state index in [-0.39, 0.29) is 6.10 Å². The third-order valence-electron chi connectivity index (χ3n) is 3.54. The number of hydrogen-bond acceptors (Lipinski definition) is 1. The first kappa shape index (κ1) is 10.0. The lowest BCUT2D eigenvalue weighted by atomic mass is 9.92. The van der Waals surface area contributed by atoms with Crippen molar-refractivity contribution in [1.29, 1.82) is 0 Å². The Morgan fingerprint density at radius 3 is 2.08 bits per heavy atom. The van der Waals surface area contributed by atoms with Crippen LogP contribution in [0.15, 0.2) is 0 Å². The van der Waals surface area contributed by atoms with Gasteiger partial charge in [-0.2, -0.15) is 0 Å². The van der Waals surface area contributed by atoms with Gasteiger partial charge in [-0.25, -0.2) is 0 Å². The molecule has 0 aromatic rings. The topological polar surface area (TPSA) is 20.2 Å². The molecule has 0 aromatic carbocycles. The van der Waals surface area contributed by atoms with Crippen molar-refractivity contribution in [2.45, 2.75) is 46.6 Å². The number of hydrogen-bond donors (Lipinski definition) is 1. The van der Waals surface area contributed by atoms with Gasteiger partial charge in [0.1, 0.15) is 0 Å². The molecule has 1 aliphatic carbocycles. The van der Waals surface area contributed by atoms with Crippen LogP contribution in [0.5, 0.6) is 0 Å². The quantitative estimate of drug-likeness (QED) is 0.687. The average Bonchev–Trinajstić information content (AvgIpc) is 2.61. The van der Waals surface area contributed by atoms with Gasteiger partial charge in [0.25, 0.3) is 0 Å². The van der Waals surface area contributed by atoms with Crippen molar-refractivity contribution < 1.29 is 5.11 Å². The third kappa shape index (κ3) is 2.01. The van der Waals surface area contributed by atoms with E-state index < -0.39 is 0 Å². The highest BCUT2D eigenvalue weighted by atomic mass is 16.3. The summed E-state index contributed by atoms with van der Waals surface area (Å²) in [7, 11) is 0. The number of aliphatic hydroxyl groups excluding tert-OH is 1. The van der Waals surface area contributed by atoms with Gasteiger partial charge in [-0.05, 0) is 30.1 Å².